The Bertz CT molecular complexity index is 510. The maximum Gasteiger partial charge on any atom is 0.123 e. The molecule has 0 saturated carbocycles. The molecule has 0 saturated heterocycles. The van der Waals surface area contributed by atoms with Crippen molar-refractivity contribution in [2.75, 3.05) is 7.11 Å². The van der Waals surface area contributed by atoms with Crippen LogP contribution in [0, 0.1) is 0 Å². The fourth-order valence-corrected chi connectivity index (χ4v) is 2.08. The maximum atomic E-state index is 6.23. The van der Waals surface area contributed by atoms with E-state index < -0.39 is 0 Å². The molecule has 18 heavy (non-hydrogen) atoms. The van der Waals surface area contributed by atoms with E-state index in [2.05, 4.69) is 0 Å². The summed E-state index contributed by atoms with van der Waals surface area (Å²) in [7, 11) is 1.66. The number of ether oxygens (including phenoxy) is 1. The quantitative estimate of drug-likeness (QED) is 0.913. The van der Waals surface area contributed by atoms with Gasteiger partial charge in [-0.15, -0.1) is 0 Å². The number of hydrogen-bond acceptors (Lipinski definition) is 2. The molecule has 0 radical (unpaired) electrons. The second kappa shape index (κ2) is 5.89. The number of para-hydroxylation sites is 1. The van der Waals surface area contributed by atoms with E-state index in [1.165, 1.54) is 0 Å². The zero-order chi connectivity index (χ0) is 13.0. The zero-order valence-electron chi connectivity index (χ0n) is 10.3. The minimum Gasteiger partial charge on any atom is -0.496 e. The Morgan fingerprint density at radius 2 is 1.78 bits per heavy atom. The molecule has 1 unspecified atom stereocenters. The molecule has 0 bridgehead atoms. The van der Waals surface area contributed by atoms with Crippen LogP contribution in [0.15, 0.2) is 48.5 Å². The van der Waals surface area contributed by atoms with Gasteiger partial charge in [0.25, 0.3) is 0 Å². The molecule has 3 heteroatoms. The lowest BCUT2D eigenvalue weighted by atomic mass is 9.99. The minimum atomic E-state index is -0.0812. The van der Waals surface area contributed by atoms with Crippen LogP contribution < -0.4 is 10.5 Å². The Balaban J connectivity index is 2.16. The summed E-state index contributed by atoms with van der Waals surface area (Å²) in [6, 6.07) is 15.5. The number of methoxy groups -OCH3 is 1. The van der Waals surface area contributed by atoms with E-state index in [4.69, 9.17) is 22.1 Å². The third kappa shape index (κ3) is 3.03. The minimum absolute atomic E-state index is 0.0812. The van der Waals surface area contributed by atoms with Gasteiger partial charge in [0.1, 0.15) is 5.75 Å². The Morgan fingerprint density at radius 1 is 1.11 bits per heavy atom. The summed E-state index contributed by atoms with van der Waals surface area (Å²) >= 11 is 5.86. The fraction of sp³-hybridized carbons (Fsp3) is 0.200. The molecule has 2 nitrogen and oxygen atoms in total. The highest BCUT2D eigenvalue weighted by Gasteiger charge is 2.11. The van der Waals surface area contributed by atoms with Crippen molar-refractivity contribution in [2.45, 2.75) is 12.5 Å². The van der Waals surface area contributed by atoms with Crippen LogP contribution in [0.2, 0.25) is 5.02 Å². The highest BCUT2D eigenvalue weighted by atomic mass is 35.5. The topological polar surface area (TPSA) is 35.2 Å². The van der Waals surface area contributed by atoms with Gasteiger partial charge >= 0.3 is 0 Å². The molecule has 94 valence electrons. The predicted octanol–water partition coefficient (Wildman–Crippen LogP) is 3.59. The van der Waals surface area contributed by atoms with E-state index in [0.29, 0.717) is 0 Å². The molecule has 0 fully saturated rings. The Hall–Kier alpha value is -1.51. The van der Waals surface area contributed by atoms with E-state index in [0.717, 1.165) is 28.3 Å². The molecule has 2 N–H and O–H groups in total. The Labute approximate surface area is 112 Å². The van der Waals surface area contributed by atoms with Crippen LogP contribution in [0.1, 0.15) is 17.2 Å². The second-order valence-corrected chi connectivity index (χ2v) is 4.62. The predicted molar refractivity (Wildman–Crippen MR) is 75.1 cm³/mol. The van der Waals surface area contributed by atoms with E-state index in [9.17, 15) is 0 Å². The third-order valence-electron chi connectivity index (χ3n) is 2.91. The molecule has 0 aliphatic carbocycles. The van der Waals surface area contributed by atoms with Gasteiger partial charge in [0.2, 0.25) is 0 Å². The first-order chi connectivity index (χ1) is 8.70. The molecule has 0 amide bonds. The lowest BCUT2D eigenvalue weighted by molar-refractivity contribution is 0.405. The summed E-state index contributed by atoms with van der Waals surface area (Å²) in [5.41, 5.74) is 8.42. The number of rotatable bonds is 4. The number of halogens is 1. The molecule has 2 aromatic carbocycles. The van der Waals surface area contributed by atoms with Gasteiger partial charge in [0.05, 0.1) is 7.11 Å². The highest BCUT2D eigenvalue weighted by molar-refractivity contribution is 6.30. The molecule has 0 aliphatic heterocycles. The summed E-state index contributed by atoms with van der Waals surface area (Å²) in [6.45, 7) is 0. The molecular weight excluding hydrogens is 246 g/mol. The van der Waals surface area contributed by atoms with Crippen molar-refractivity contribution in [2.24, 2.45) is 5.73 Å². The summed E-state index contributed by atoms with van der Waals surface area (Å²) < 4.78 is 5.32. The van der Waals surface area contributed by atoms with Crippen LogP contribution >= 0.6 is 11.6 Å². The molecule has 0 aliphatic rings. The second-order valence-electron chi connectivity index (χ2n) is 4.18. The largest absolute Gasteiger partial charge is 0.496 e. The normalized spacial score (nSPS) is 12.2. The first kappa shape index (κ1) is 12.9. The monoisotopic (exact) mass is 261 g/mol. The van der Waals surface area contributed by atoms with Gasteiger partial charge in [-0.2, -0.15) is 0 Å². The molecule has 0 aromatic heterocycles. The average molecular weight is 262 g/mol. The first-order valence-electron chi connectivity index (χ1n) is 5.83. The van der Waals surface area contributed by atoms with Gasteiger partial charge < -0.3 is 10.5 Å². The Kier molecular flexibility index (Phi) is 4.24. The lowest BCUT2D eigenvalue weighted by Gasteiger charge is -2.15. The van der Waals surface area contributed by atoms with Gasteiger partial charge in [-0.1, -0.05) is 41.9 Å². The van der Waals surface area contributed by atoms with Crippen LogP contribution in [-0.4, -0.2) is 7.11 Å². The van der Waals surface area contributed by atoms with E-state index >= 15 is 0 Å². The van der Waals surface area contributed by atoms with E-state index in [1.807, 2.05) is 48.5 Å². The van der Waals surface area contributed by atoms with Crippen molar-refractivity contribution in [3.8, 4) is 5.75 Å². The van der Waals surface area contributed by atoms with Gasteiger partial charge in [0.15, 0.2) is 0 Å². The average Bonchev–Trinajstić information content (AvgIpc) is 2.41. The summed E-state index contributed by atoms with van der Waals surface area (Å²) in [4.78, 5) is 0. The lowest BCUT2D eigenvalue weighted by Crippen LogP contribution is -2.14. The van der Waals surface area contributed by atoms with Crippen molar-refractivity contribution in [1.82, 2.24) is 0 Å². The van der Waals surface area contributed by atoms with Gasteiger partial charge in [-0.05, 0) is 30.2 Å². The molecule has 2 rings (SSSR count). The number of hydrogen-bond donors (Lipinski definition) is 1. The van der Waals surface area contributed by atoms with Gasteiger partial charge in [-0.25, -0.2) is 0 Å². The number of nitrogens with two attached hydrogens (primary N) is 1. The van der Waals surface area contributed by atoms with Gasteiger partial charge in [-0.3, -0.25) is 0 Å². The van der Waals surface area contributed by atoms with Crippen molar-refractivity contribution in [3.05, 3.63) is 64.7 Å². The zero-order valence-corrected chi connectivity index (χ0v) is 11.0. The number of benzene rings is 2. The smallest absolute Gasteiger partial charge is 0.123 e. The summed E-state index contributed by atoms with van der Waals surface area (Å²) in [5.74, 6) is 0.832. The Morgan fingerprint density at radius 3 is 2.44 bits per heavy atom. The van der Waals surface area contributed by atoms with E-state index in [-0.39, 0.29) is 6.04 Å². The molecule has 1 atom stereocenters. The molecule has 2 aromatic rings. The van der Waals surface area contributed by atoms with Crippen LogP contribution in [0.5, 0.6) is 5.75 Å². The third-order valence-corrected chi connectivity index (χ3v) is 3.16. The molecule has 0 spiro atoms. The van der Waals surface area contributed by atoms with Crippen molar-refractivity contribution >= 4 is 11.6 Å². The van der Waals surface area contributed by atoms with Crippen LogP contribution in [-0.2, 0) is 6.42 Å². The first-order valence-corrected chi connectivity index (χ1v) is 6.21. The molecule has 0 heterocycles. The highest BCUT2D eigenvalue weighted by Crippen LogP contribution is 2.25. The van der Waals surface area contributed by atoms with Crippen molar-refractivity contribution < 1.29 is 4.74 Å². The van der Waals surface area contributed by atoms with Crippen molar-refractivity contribution in [1.29, 1.82) is 0 Å². The fourth-order valence-electron chi connectivity index (χ4n) is 1.96. The SMILES string of the molecule is COc1ccccc1C(N)Cc1ccc(Cl)cc1. The summed E-state index contributed by atoms with van der Waals surface area (Å²) in [5, 5.41) is 0.740. The van der Waals surface area contributed by atoms with Gasteiger partial charge in [0, 0.05) is 16.6 Å². The van der Waals surface area contributed by atoms with Crippen LogP contribution in [0.4, 0.5) is 0 Å². The standard InChI is InChI=1S/C15H16ClNO/c1-18-15-5-3-2-4-13(15)14(17)10-11-6-8-12(16)9-7-11/h2-9,14H,10,17H2,1H3. The van der Waals surface area contributed by atoms with Crippen LogP contribution in [0.3, 0.4) is 0 Å². The maximum absolute atomic E-state index is 6.23. The van der Waals surface area contributed by atoms with Crippen molar-refractivity contribution in [3.63, 3.8) is 0 Å². The summed E-state index contributed by atoms with van der Waals surface area (Å²) in [6.07, 6.45) is 0.761. The molecular formula is C15H16ClNO. The van der Waals surface area contributed by atoms with E-state index in [1.54, 1.807) is 7.11 Å². The van der Waals surface area contributed by atoms with Crippen LogP contribution in [0.25, 0.3) is 0 Å².